The number of aliphatic carboxylic acids is 1. The van der Waals surface area contributed by atoms with Crippen LogP contribution in [0, 0.1) is 5.41 Å². The van der Waals surface area contributed by atoms with Crippen molar-refractivity contribution in [1.82, 2.24) is 25.5 Å². The normalized spacial score (nSPS) is 21.1. The standard InChI is InChI=1S/C32H36N6O6/c1-20-6-3-9-23(10-5-11-24(20)32(42)43)37-31(41)27-16-26(35-19-36-27)30(40)34-17-21-7-4-8-22(14-21)18-38(12-13-44-2)28-15-25(33)29(28)39/h4-8,10-11,14-16,19,23,29,33,39H,3,9,12-13,17-18H2,1-2H3,(H,34,40)(H,37,41)(H,42,43)/b10-5+,20-6+,24-11+,33-25?. The maximum atomic E-state index is 13.0. The Morgan fingerprint density at radius 2 is 1.89 bits per heavy atom. The summed E-state index contributed by atoms with van der Waals surface area (Å²) >= 11 is 0. The highest BCUT2D eigenvalue weighted by Crippen LogP contribution is 2.23. The molecule has 2 atom stereocenters. The summed E-state index contributed by atoms with van der Waals surface area (Å²) < 4.78 is 5.20. The van der Waals surface area contributed by atoms with E-state index in [4.69, 9.17) is 10.1 Å². The quantitative estimate of drug-likeness (QED) is 0.245. The lowest BCUT2D eigenvalue weighted by Gasteiger charge is -2.35. The summed E-state index contributed by atoms with van der Waals surface area (Å²) in [5.41, 5.74) is 3.59. The SMILES string of the molecule is COCCN(Cc1cccc(CNC(=O)c2cc(C(=O)NC3/C=C/C=C(C(=O)O)\C(C)=C\CC3)ncn2)c1)C1=CC(=N)C1O. The minimum atomic E-state index is -1.01. The molecule has 12 heteroatoms. The molecule has 1 aromatic heterocycles. The Balaban J connectivity index is 1.36. The summed E-state index contributed by atoms with van der Waals surface area (Å²) in [4.78, 5) is 47.4. The van der Waals surface area contributed by atoms with Gasteiger partial charge in [0.15, 0.2) is 0 Å². The van der Waals surface area contributed by atoms with Gasteiger partial charge >= 0.3 is 5.97 Å². The maximum Gasteiger partial charge on any atom is 0.335 e. The summed E-state index contributed by atoms with van der Waals surface area (Å²) in [6, 6.07) is 8.63. The maximum absolute atomic E-state index is 13.0. The van der Waals surface area contributed by atoms with E-state index in [2.05, 4.69) is 20.6 Å². The lowest BCUT2D eigenvalue weighted by molar-refractivity contribution is -0.132. The average molecular weight is 601 g/mol. The molecule has 0 aliphatic heterocycles. The third-order valence-electron chi connectivity index (χ3n) is 7.27. The van der Waals surface area contributed by atoms with Gasteiger partial charge in [0.05, 0.1) is 23.6 Å². The number of nitrogens with one attached hydrogen (secondary N) is 3. The molecule has 2 aliphatic carbocycles. The Morgan fingerprint density at radius 1 is 1.14 bits per heavy atom. The molecule has 0 radical (unpaired) electrons. The van der Waals surface area contributed by atoms with Gasteiger partial charge in [-0.1, -0.05) is 42.5 Å². The molecule has 1 heterocycles. The van der Waals surface area contributed by atoms with Crippen LogP contribution < -0.4 is 10.6 Å². The fourth-order valence-corrected chi connectivity index (χ4v) is 4.79. The van der Waals surface area contributed by atoms with Gasteiger partial charge < -0.3 is 35.9 Å². The van der Waals surface area contributed by atoms with Gasteiger partial charge in [0, 0.05) is 38.9 Å². The number of hydrogen-bond acceptors (Lipinski definition) is 9. The summed E-state index contributed by atoms with van der Waals surface area (Å²) in [6.45, 7) is 3.47. The molecule has 2 aliphatic rings. The van der Waals surface area contributed by atoms with Crippen LogP contribution in [0.3, 0.4) is 0 Å². The zero-order chi connectivity index (χ0) is 31.6. The first kappa shape index (κ1) is 32.0. The average Bonchev–Trinajstić information content (AvgIpc) is 3.11. The van der Waals surface area contributed by atoms with Crippen molar-refractivity contribution in [3.63, 3.8) is 0 Å². The second-order valence-electron chi connectivity index (χ2n) is 10.4. The number of hydrogen-bond donors (Lipinski definition) is 5. The Morgan fingerprint density at radius 3 is 2.59 bits per heavy atom. The van der Waals surface area contributed by atoms with Crippen LogP contribution in [0.5, 0.6) is 0 Å². The fraction of sp³-hybridized carbons (Fsp3) is 0.312. The number of methoxy groups -OCH3 is 1. The fourth-order valence-electron chi connectivity index (χ4n) is 4.79. The van der Waals surface area contributed by atoms with Crippen LogP contribution >= 0.6 is 0 Å². The number of aliphatic hydroxyl groups is 1. The molecule has 0 saturated heterocycles. The van der Waals surface area contributed by atoms with E-state index < -0.39 is 23.9 Å². The van der Waals surface area contributed by atoms with Crippen LogP contribution in [0.1, 0.15) is 51.9 Å². The second kappa shape index (κ2) is 15.0. The lowest BCUT2D eigenvalue weighted by atomic mass is 9.97. The summed E-state index contributed by atoms with van der Waals surface area (Å²) in [6.07, 6.45) is 9.70. The van der Waals surface area contributed by atoms with E-state index in [0.717, 1.165) is 17.5 Å². The number of carboxylic acid groups (broad SMARTS) is 1. The highest BCUT2D eigenvalue weighted by atomic mass is 16.5. The third-order valence-corrected chi connectivity index (χ3v) is 7.27. The van der Waals surface area contributed by atoms with Gasteiger partial charge in [-0.3, -0.25) is 9.59 Å². The van der Waals surface area contributed by atoms with Gasteiger partial charge in [-0.05, 0) is 48.6 Å². The van der Waals surface area contributed by atoms with Crippen LogP contribution in [-0.4, -0.2) is 81.0 Å². The molecule has 5 N–H and O–H groups in total. The van der Waals surface area contributed by atoms with E-state index in [9.17, 15) is 24.6 Å². The number of carbonyl (C=O) groups excluding carboxylic acids is 2. The highest BCUT2D eigenvalue weighted by Gasteiger charge is 2.29. The third kappa shape index (κ3) is 8.33. The molecular formula is C32H36N6O6. The van der Waals surface area contributed by atoms with E-state index in [1.165, 1.54) is 12.1 Å². The number of ether oxygens (including phenoxy) is 1. The molecule has 1 aromatic carbocycles. The number of carbonyl (C=O) groups is 3. The second-order valence-corrected chi connectivity index (χ2v) is 10.4. The number of benzene rings is 1. The highest BCUT2D eigenvalue weighted by molar-refractivity contribution is 6.05. The first-order valence-electron chi connectivity index (χ1n) is 14.2. The van der Waals surface area contributed by atoms with Gasteiger partial charge in [-0.2, -0.15) is 0 Å². The van der Waals surface area contributed by atoms with Crippen molar-refractivity contribution in [3.8, 4) is 0 Å². The van der Waals surface area contributed by atoms with Crippen LogP contribution in [0.4, 0.5) is 0 Å². The zero-order valence-corrected chi connectivity index (χ0v) is 24.6. The van der Waals surface area contributed by atoms with Gasteiger partial charge in [0.2, 0.25) is 0 Å². The minimum absolute atomic E-state index is 0.0330. The molecule has 12 nitrogen and oxygen atoms in total. The minimum Gasteiger partial charge on any atom is -0.478 e. The molecule has 0 fully saturated rings. The lowest BCUT2D eigenvalue weighted by Crippen LogP contribution is -2.42. The van der Waals surface area contributed by atoms with Crippen molar-refractivity contribution in [2.45, 2.75) is 45.0 Å². The number of carboxylic acids is 1. The molecule has 0 spiro atoms. The van der Waals surface area contributed by atoms with Crippen LogP contribution in [0.2, 0.25) is 0 Å². The van der Waals surface area contributed by atoms with Crippen LogP contribution in [0.25, 0.3) is 0 Å². The summed E-state index contributed by atoms with van der Waals surface area (Å²) in [5.74, 6) is -1.96. The van der Waals surface area contributed by atoms with E-state index in [0.29, 0.717) is 43.8 Å². The van der Waals surface area contributed by atoms with E-state index >= 15 is 0 Å². The van der Waals surface area contributed by atoms with Gasteiger partial charge in [-0.15, -0.1) is 0 Å². The molecular weight excluding hydrogens is 564 g/mol. The van der Waals surface area contributed by atoms with Gasteiger partial charge in [0.25, 0.3) is 11.8 Å². The first-order valence-corrected chi connectivity index (χ1v) is 14.2. The van der Waals surface area contributed by atoms with E-state index in [1.54, 1.807) is 32.3 Å². The Bertz CT molecular complexity index is 1550. The summed E-state index contributed by atoms with van der Waals surface area (Å²) in [7, 11) is 1.61. The van der Waals surface area contributed by atoms with Gasteiger partial charge in [-0.25, -0.2) is 14.8 Å². The Hall–Kier alpha value is -4.94. The van der Waals surface area contributed by atoms with Crippen molar-refractivity contribution < 1.29 is 29.3 Å². The van der Waals surface area contributed by atoms with Crippen LogP contribution in [0.15, 0.2) is 83.9 Å². The first-order chi connectivity index (χ1) is 21.2. The molecule has 0 bridgehead atoms. The van der Waals surface area contributed by atoms with Crippen molar-refractivity contribution in [2.24, 2.45) is 0 Å². The molecule has 2 amide bonds. The number of aromatic nitrogens is 2. The largest absolute Gasteiger partial charge is 0.478 e. The number of rotatable bonds is 12. The molecule has 2 aromatic rings. The number of nitrogens with zero attached hydrogens (tertiary/aromatic N) is 3. The van der Waals surface area contributed by atoms with Gasteiger partial charge in [0.1, 0.15) is 23.8 Å². The molecule has 0 saturated carbocycles. The van der Waals surface area contributed by atoms with E-state index in [-0.39, 0.29) is 35.3 Å². The molecule has 4 rings (SSSR count). The number of amides is 2. The Labute approximate surface area is 255 Å². The summed E-state index contributed by atoms with van der Waals surface area (Å²) in [5, 5.41) is 32.9. The van der Waals surface area contributed by atoms with Crippen molar-refractivity contribution in [3.05, 3.63) is 106 Å². The van der Waals surface area contributed by atoms with Crippen molar-refractivity contribution in [1.29, 1.82) is 5.41 Å². The smallest absolute Gasteiger partial charge is 0.335 e. The predicted molar refractivity (Wildman–Crippen MR) is 163 cm³/mol. The van der Waals surface area contributed by atoms with Crippen molar-refractivity contribution in [2.75, 3.05) is 20.3 Å². The number of allylic oxidation sites excluding steroid dienone is 3. The molecule has 230 valence electrons. The van der Waals surface area contributed by atoms with Crippen LogP contribution in [-0.2, 0) is 22.6 Å². The molecule has 44 heavy (non-hydrogen) atoms. The predicted octanol–water partition coefficient (Wildman–Crippen LogP) is 2.54. The monoisotopic (exact) mass is 600 g/mol. The Kier molecular flexibility index (Phi) is 10.9. The molecule has 2 unspecified atom stereocenters. The van der Waals surface area contributed by atoms with Crippen molar-refractivity contribution >= 4 is 23.5 Å². The topological polar surface area (TPSA) is 178 Å². The van der Waals surface area contributed by atoms with E-state index in [1.807, 2.05) is 35.2 Å². The zero-order valence-electron chi connectivity index (χ0n) is 24.6. The number of aliphatic hydroxyl groups excluding tert-OH is 1.